The fraction of sp³-hybridized carbons (Fsp3) is 0.278. The Morgan fingerprint density at radius 3 is 2.62 bits per heavy atom. The van der Waals surface area contributed by atoms with Gasteiger partial charge in [-0.2, -0.15) is 0 Å². The minimum absolute atomic E-state index is 0.0461. The van der Waals surface area contributed by atoms with Gasteiger partial charge in [-0.3, -0.25) is 0 Å². The zero-order chi connectivity index (χ0) is 14.7. The molecule has 108 valence electrons. The van der Waals surface area contributed by atoms with Gasteiger partial charge in [0.2, 0.25) is 0 Å². The Balaban J connectivity index is 1.96. The van der Waals surface area contributed by atoms with Gasteiger partial charge in [0.25, 0.3) is 0 Å². The van der Waals surface area contributed by atoms with E-state index in [4.69, 9.17) is 4.74 Å². The Hall–Kier alpha value is -2.29. The molecule has 1 atom stereocenters. The maximum Gasteiger partial charge on any atom is 0.410 e. The molecule has 3 rings (SSSR count). The van der Waals surface area contributed by atoms with Crippen LogP contribution < -0.4 is 0 Å². The van der Waals surface area contributed by atoms with Crippen LogP contribution in [0.25, 0.3) is 0 Å². The van der Waals surface area contributed by atoms with Crippen LogP contribution in [0.15, 0.2) is 54.6 Å². The lowest BCUT2D eigenvalue weighted by atomic mass is 9.89. The second-order valence-corrected chi connectivity index (χ2v) is 5.32. The monoisotopic (exact) mass is 281 g/mol. The van der Waals surface area contributed by atoms with Crippen LogP contribution in [0.5, 0.6) is 0 Å². The molecule has 1 aliphatic heterocycles. The summed E-state index contributed by atoms with van der Waals surface area (Å²) in [4.78, 5) is 13.9. The standard InChI is InChI=1S/C18H19NO2/c1-21-18(20)19-12-11-15-9-5-6-10-16(15)17(19)13-14-7-3-2-4-8-14/h2-10,17H,11-13H2,1H3. The van der Waals surface area contributed by atoms with Crippen molar-refractivity contribution >= 4 is 6.09 Å². The quantitative estimate of drug-likeness (QED) is 0.842. The molecule has 0 aliphatic carbocycles. The number of nitrogens with zero attached hydrogens (tertiary/aromatic N) is 1. The highest BCUT2D eigenvalue weighted by molar-refractivity contribution is 5.69. The molecule has 2 aromatic rings. The third-order valence-electron chi connectivity index (χ3n) is 4.09. The second kappa shape index (κ2) is 6.00. The summed E-state index contributed by atoms with van der Waals surface area (Å²) in [5.41, 5.74) is 3.80. The molecule has 1 heterocycles. The number of benzene rings is 2. The number of hydrogen-bond acceptors (Lipinski definition) is 2. The topological polar surface area (TPSA) is 29.5 Å². The SMILES string of the molecule is COC(=O)N1CCc2ccccc2C1Cc1ccccc1. The summed E-state index contributed by atoms with van der Waals surface area (Å²) in [5, 5.41) is 0. The Bertz CT molecular complexity index is 624. The summed E-state index contributed by atoms with van der Waals surface area (Å²) in [6, 6.07) is 18.7. The lowest BCUT2D eigenvalue weighted by Gasteiger charge is -2.36. The average molecular weight is 281 g/mol. The van der Waals surface area contributed by atoms with Crippen molar-refractivity contribution in [3.05, 3.63) is 71.3 Å². The molecule has 0 bridgehead atoms. The van der Waals surface area contributed by atoms with Crippen molar-refractivity contribution in [2.24, 2.45) is 0 Å². The van der Waals surface area contributed by atoms with Gasteiger partial charge in [0.05, 0.1) is 13.2 Å². The summed E-state index contributed by atoms with van der Waals surface area (Å²) in [5.74, 6) is 0. The van der Waals surface area contributed by atoms with Gasteiger partial charge in [-0.15, -0.1) is 0 Å². The van der Waals surface area contributed by atoms with Crippen molar-refractivity contribution in [3.8, 4) is 0 Å². The first kappa shape index (κ1) is 13.7. The number of carbonyl (C=O) groups is 1. The van der Waals surface area contributed by atoms with Gasteiger partial charge in [0, 0.05) is 6.54 Å². The third-order valence-corrected chi connectivity index (χ3v) is 4.09. The molecular weight excluding hydrogens is 262 g/mol. The maximum absolute atomic E-state index is 12.1. The molecule has 1 aliphatic rings. The third kappa shape index (κ3) is 2.77. The van der Waals surface area contributed by atoms with Crippen molar-refractivity contribution in [3.63, 3.8) is 0 Å². The summed E-state index contributed by atoms with van der Waals surface area (Å²) >= 11 is 0. The summed E-state index contributed by atoms with van der Waals surface area (Å²) in [6.45, 7) is 0.710. The van der Waals surface area contributed by atoms with Crippen LogP contribution in [0, 0.1) is 0 Å². The highest BCUT2D eigenvalue weighted by Gasteiger charge is 2.31. The minimum Gasteiger partial charge on any atom is -0.453 e. The molecule has 3 nitrogen and oxygen atoms in total. The van der Waals surface area contributed by atoms with Crippen LogP contribution in [0.2, 0.25) is 0 Å². The van der Waals surface area contributed by atoms with Crippen molar-refractivity contribution in [1.82, 2.24) is 4.90 Å². The van der Waals surface area contributed by atoms with Gasteiger partial charge >= 0.3 is 6.09 Å². The number of hydrogen-bond donors (Lipinski definition) is 0. The second-order valence-electron chi connectivity index (χ2n) is 5.32. The fourth-order valence-electron chi connectivity index (χ4n) is 3.04. The van der Waals surface area contributed by atoms with Gasteiger partial charge in [-0.1, -0.05) is 54.6 Å². The smallest absolute Gasteiger partial charge is 0.410 e. The van der Waals surface area contributed by atoms with Crippen molar-refractivity contribution in [1.29, 1.82) is 0 Å². The van der Waals surface area contributed by atoms with Crippen LogP contribution in [0.1, 0.15) is 22.7 Å². The summed E-state index contributed by atoms with van der Waals surface area (Å²) < 4.78 is 4.96. The van der Waals surface area contributed by atoms with E-state index in [1.165, 1.54) is 23.8 Å². The zero-order valence-electron chi connectivity index (χ0n) is 12.2. The lowest BCUT2D eigenvalue weighted by molar-refractivity contribution is 0.101. The van der Waals surface area contributed by atoms with Gasteiger partial charge < -0.3 is 9.64 Å². The van der Waals surface area contributed by atoms with Crippen LogP contribution in [-0.2, 0) is 17.6 Å². The molecule has 21 heavy (non-hydrogen) atoms. The van der Waals surface area contributed by atoms with Gasteiger partial charge in [-0.05, 0) is 29.5 Å². The fourth-order valence-corrected chi connectivity index (χ4v) is 3.04. The first-order valence-electron chi connectivity index (χ1n) is 7.26. The molecule has 1 amide bonds. The largest absolute Gasteiger partial charge is 0.453 e. The maximum atomic E-state index is 12.1. The first-order valence-corrected chi connectivity index (χ1v) is 7.26. The Kier molecular flexibility index (Phi) is 3.91. The van der Waals surface area contributed by atoms with Gasteiger partial charge in [-0.25, -0.2) is 4.79 Å². The highest BCUT2D eigenvalue weighted by atomic mass is 16.5. The molecule has 0 radical (unpaired) electrons. The van der Waals surface area contributed by atoms with E-state index in [0.29, 0.717) is 6.54 Å². The molecule has 0 aromatic heterocycles. The van der Waals surface area contributed by atoms with Crippen LogP contribution in [-0.4, -0.2) is 24.6 Å². The number of ether oxygens (including phenoxy) is 1. The summed E-state index contributed by atoms with van der Waals surface area (Å²) in [7, 11) is 1.45. The van der Waals surface area contributed by atoms with E-state index in [2.05, 4.69) is 30.3 Å². The molecule has 0 N–H and O–H groups in total. The first-order chi connectivity index (χ1) is 10.3. The van der Waals surface area contributed by atoms with Gasteiger partial charge in [0.15, 0.2) is 0 Å². The predicted octanol–water partition coefficient (Wildman–Crippen LogP) is 3.59. The van der Waals surface area contributed by atoms with Crippen LogP contribution in [0.4, 0.5) is 4.79 Å². The van der Waals surface area contributed by atoms with E-state index in [1.54, 1.807) is 0 Å². The van der Waals surface area contributed by atoms with E-state index in [1.807, 2.05) is 29.2 Å². The number of fused-ring (bicyclic) bond motifs is 1. The number of carbonyl (C=O) groups excluding carboxylic acids is 1. The van der Waals surface area contributed by atoms with E-state index in [9.17, 15) is 4.79 Å². The Morgan fingerprint density at radius 1 is 1.14 bits per heavy atom. The van der Waals surface area contributed by atoms with Crippen molar-refractivity contribution in [2.75, 3.05) is 13.7 Å². The number of methoxy groups -OCH3 is 1. The molecule has 0 saturated carbocycles. The molecular formula is C18H19NO2. The molecule has 0 saturated heterocycles. The van der Waals surface area contributed by atoms with E-state index in [0.717, 1.165) is 12.8 Å². The Labute approximate surface area is 125 Å². The molecule has 2 aromatic carbocycles. The normalized spacial score (nSPS) is 17.2. The van der Waals surface area contributed by atoms with Crippen molar-refractivity contribution < 1.29 is 9.53 Å². The molecule has 0 spiro atoms. The van der Waals surface area contributed by atoms with E-state index < -0.39 is 0 Å². The summed E-state index contributed by atoms with van der Waals surface area (Å²) in [6.07, 6.45) is 1.45. The minimum atomic E-state index is -0.245. The molecule has 3 heteroatoms. The van der Waals surface area contributed by atoms with Gasteiger partial charge in [0.1, 0.15) is 0 Å². The lowest BCUT2D eigenvalue weighted by Crippen LogP contribution is -2.40. The van der Waals surface area contributed by atoms with E-state index in [-0.39, 0.29) is 12.1 Å². The Morgan fingerprint density at radius 2 is 1.86 bits per heavy atom. The highest BCUT2D eigenvalue weighted by Crippen LogP contribution is 2.32. The van der Waals surface area contributed by atoms with Crippen molar-refractivity contribution in [2.45, 2.75) is 18.9 Å². The van der Waals surface area contributed by atoms with Crippen LogP contribution >= 0.6 is 0 Å². The van der Waals surface area contributed by atoms with E-state index >= 15 is 0 Å². The molecule has 0 fully saturated rings. The molecule has 1 unspecified atom stereocenters. The number of amides is 1. The average Bonchev–Trinajstić information content (AvgIpc) is 2.55. The predicted molar refractivity (Wildman–Crippen MR) is 82.1 cm³/mol. The number of rotatable bonds is 2. The van der Waals surface area contributed by atoms with Crippen LogP contribution in [0.3, 0.4) is 0 Å². The zero-order valence-corrected chi connectivity index (χ0v) is 12.2.